The molecule has 122 valence electrons. The van der Waals surface area contributed by atoms with E-state index in [1.807, 2.05) is 12.4 Å². The molecule has 21 heavy (non-hydrogen) atoms. The van der Waals surface area contributed by atoms with E-state index in [9.17, 15) is 14.4 Å². The van der Waals surface area contributed by atoms with Crippen LogP contribution in [0.3, 0.4) is 0 Å². The van der Waals surface area contributed by atoms with Gasteiger partial charge in [0.2, 0.25) is 11.8 Å². The van der Waals surface area contributed by atoms with Gasteiger partial charge >= 0.3 is 6.09 Å². The van der Waals surface area contributed by atoms with Crippen LogP contribution in [0.15, 0.2) is 0 Å². The Bertz CT molecular complexity index is 365. The quantitative estimate of drug-likeness (QED) is 0.474. The topological polar surface area (TPSA) is 106 Å². The summed E-state index contributed by atoms with van der Waals surface area (Å²) < 4.78 is 4.91. The Morgan fingerprint density at radius 1 is 1.14 bits per heavy atom. The van der Waals surface area contributed by atoms with Crippen LogP contribution >= 0.6 is 0 Å². The number of nitrogens with one attached hydrogen (secondary N) is 3. The zero-order valence-corrected chi connectivity index (χ0v) is 13.2. The third-order valence-electron chi connectivity index (χ3n) is 2.37. The average molecular weight is 303 g/mol. The summed E-state index contributed by atoms with van der Waals surface area (Å²) in [5.41, 5.74) is 1.34. The number of rotatable bonds is 7. The molecule has 1 atom stereocenters. The van der Waals surface area contributed by atoms with E-state index in [0.29, 0.717) is 0 Å². The molecule has 0 spiro atoms. The van der Waals surface area contributed by atoms with Crippen molar-refractivity contribution in [2.45, 2.75) is 46.6 Å². The molecule has 0 heterocycles. The van der Waals surface area contributed by atoms with E-state index in [1.165, 1.54) is 0 Å². The normalized spacial score (nSPS) is 12.2. The van der Waals surface area contributed by atoms with Crippen molar-refractivity contribution in [1.29, 1.82) is 0 Å². The zero-order chi connectivity index (χ0) is 16.5. The molecule has 0 saturated heterocycles. The number of hydrogen-bond acceptors (Lipinski definition) is 5. The molecule has 0 aliphatic carbocycles. The molecular weight excluding hydrogens is 278 g/mol. The van der Waals surface area contributed by atoms with Gasteiger partial charge in [0.05, 0.1) is 6.67 Å². The summed E-state index contributed by atoms with van der Waals surface area (Å²) in [6, 6.07) is 0. The Morgan fingerprint density at radius 3 is 2.29 bits per heavy atom. The number of hydrogen-bond donors (Lipinski definition) is 3. The Kier molecular flexibility index (Phi) is 8.37. The highest BCUT2D eigenvalue weighted by Gasteiger charge is 2.16. The lowest BCUT2D eigenvalue weighted by atomic mass is 10.1. The predicted octanol–water partition coefficient (Wildman–Crippen LogP) is 0.679. The monoisotopic (exact) mass is 303 g/mol. The third-order valence-corrected chi connectivity index (χ3v) is 2.37. The summed E-state index contributed by atoms with van der Waals surface area (Å²) in [4.78, 5) is 38.7. The fraction of sp³-hybridized carbons (Fsp3) is 0.769. The van der Waals surface area contributed by atoms with Gasteiger partial charge in [-0.25, -0.2) is 4.79 Å². The second-order valence-corrected chi connectivity index (χ2v) is 5.52. The summed E-state index contributed by atoms with van der Waals surface area (Å²) in [5.74, 6) is -0.715. The maximum atomic E-state index is 11.4. The van der Waals surface area contributed by atoms with Gasteiger partial charge in [-0.3, -0.25) is 14.4 Å². The van der Waals surface area contributed by atoms with Gasteiger partial charge in [0.1, 0.15) is 5.60 Å². The highest BCUT2D eigenvalue weighted by Crippen LogP contribution is 2.06. The van der Waals surface area contributed by atoms with E-state index in [4.69, 9.17) is 4.74 Å². The minimum atomic E-state index is -0.777. The minimum absolute atomic E-state index is 0.0117. The number of ether oxygens (including phenoxy) is 1. The van der Waals surface area contributed by atoms with Crippen molar-refractivity contribution >= 4 is 17.9 Å². The molecule has 3 N–H and O–H groups in total. The van der Waals surface area contributed by atoms with Gasteiger partial charge in [0.15, 0.2) is 6.61 Å². The molecule has 0 rings (SSSR count). The SMILES string of the molecule is CCC(C)C(=O)NCNC(=O)CONC(=O)OC(C)(C)C. The van der Waals surface area contributed by atoms with Crippen LogP contribution in [0.1, 0.15) is 41.0 Å². The number of amides is 3. The smallest absolute Gasteiger partial charge is 0.431 e. The van der Waals surface area contributed by atoms with Gasteiger partial charge in [-0.1, -0.05) is 13.8 Å². The molecule has 0 aliphatic rings. The first-order chi connectivity index (χ1) is 9.65. The molecule has 0 fully saturated rings. The number of hydroxylamine groups is 1. The number of carbonyl (C=O) groups excluding carboxylic acids is 3. The Hall–Kier alpha value is -1.83. The summed E-state index contributed by atoms with van der Waals surface area (Å²) in [6.45, 7) is 8.46. The fourth-order valence-electron chi connectivity index (χ4n) is 1.10. The zero-order valence-electron chi connectivity index (χ0n) is 13.2. The van der Waals surface area contributed by atoms with E-state index < -0.39 is 17.6 Å². The maximum Gasteiger partial charge on any atom is 0.431 e. The van der Waals surface area contributed by atoms with Crippen molar-refractivity contribution in [2.24, 2.45) is 5.92 Å². The van der Waals surface area contributed by atoms with E-state index >= 15 is 0 Å². The molecule has 0 bridgehead atoms. The van der Waals surface area contributed by atoms with Gasteiger partial charge < -0.3 is 15.4 Å². The standard InChI is InChI=1S/C13H25N3O5/c1-6-9(2)11(18)15-8-14-10(17)7-20-16-12(19)21-13(3,4)5/h9H,6-8H2,1-5H3,(H,14,17)(H,15,18)(H,16,19). The van der Waals surface area contributed by atoms with Gasteiger partial charge in [-0.05, 0) is 27.2 Å². The van der Waals surface area contributed by atoms with Crippen LogP contribution in [-0.4, -0.2) is 36.8 Å². The summed E-state index contributed by atoms with van der Waals surface area (Å²) >= 11 is 0. The first kappa shape index (κ1) is 19.2. The van der Waals surface area contributed by atoms with Gasteiger partial charge in [-0.15, -0.1) is 0 Å². The molecular formula is C13H25N3O5. The molecule has 0 radical (unpaired) electrons. The molecule has 1 unspecified atom stereocenters. The highest BCUT2D eigenvalue weighted by atomic mass is 16.7. The first-order valence-corrected chi connectivity index (χ1v) is 6.81. The van der Waals surface area contributed by atoms with Crippen molar-refractivity contribution in [1.82, 2.24) is 16.1 Å². The summed E-state index contributed by atoms with van der Waals surface area (Å²) in [5, 5.41) is 4.98. The lowest BCUT2D eigenvalue weighted by Crippen LogP contribution is -2.42. The molecule has 0 aliphatic heterocycles. The van der Waals surface area contributed by atoms with Crippen LogP contribution in [0.2, 0.25) is 0 Å². The molecule has 0 saturated carbocycles. The van der Waals surface area contributed by atoms with Crippen LogP contribution in [0.25, 0.3) is 0 Å². The van der Waals surface area contributed by atoms with Crippen LogP contribution in [0, 0.1) is 5.92 Å². The molecule has 0 aromatic heterocycles. The maximum absolute atomic E-state index is 11.4. The van der Waals surface area contributed by atoms with E-state index in [-0.39, 0.29) is 25.1 Å². The molecule has 0 aromatic carbocycles. The second kappa shape index (κ2) is 9.17. The molecule has 8 heteroatoms. The lowest BCUT2D eigenvalue weighted by Gasteiger charge is -2.19. The minimum Gasteiger partial charge on any atom is -0.442 e. The van der Waals surface area contributed by atoms with Crippen molar-refractivity contribution < 1.29 is 24.0 Å². The Labute approximate surface area is 124 Å². The lowest BCUT2D eigenvalue weighted by molar-refractivity contribution is -0.128. The molecule has 3 amide bonds. The molecule has 0 aromatic rings. The van der Waals surface area contributed by atoms with Gasteiger partial charge in [-0.2, -0.15) is 5.48 Å². The van der Waals surface area contributed by atoms with Gasteiger partial charge in [0, 0.05) is 5.92 Å². The van der Waals surface area contributed by atoms with Crippen molar-refractivity contribution in [2.75, 3.05) is 13.3 Å². The first-order valence-electron chi connectivity index (χ1n) is 6.81. The Morgan fingerprint density at radius 2 is 1.76 bits per heavy atom. The summed E-state index contributed by atoms with van der Waals surface area (Å²) in [7, 11) is 0. The highest BCUT2D eigenvalue weighted by molar-refractivity contribution is 5.80. The van der Waals surface area contributed by atoms with Crippen molar-refractivity contribution in [3.63, 3.8) is 0 Å². The average Bonchev–Trinajstić information content (AvgIpc) is 2.35. The summed E-state index contributed by atoms with van der Waals surface area (Å²) in [6.07, 6.45) is -0.0525. The third kappa shape index (κ3) is 10.6. The van der Waals surface area contributed by atoms with Crippen LogP contribution in [-0.2, 0) is 19.2 Å². The number of carbonyl (C=O) groups is 3. The van der Waals surface area contributed by atoms with Crippen molar-refractivity contribution in [3.8, 4) is 0 Å². The predicted molar refractivity (Wildman–Crippen MR) is 75.9 cm³/mol. The second-order valence-electron chi connectivity index (χ2n) is 5.52. The molecule has 8 nitrogen and oxygen atoms in total. The van der Waals surface area contributed by atoms with Crippen LogP contribution in [0.4, 0.5) is 4.79 Å². The van der Waals surface area contributed by atoms with Crippen LogP contribution in [0.5, 0.6) is 0 Å². The largest absolute Gasteiger partial charge is 0.442 e. The van der Waals surface area contributed by atoms with Crippen LogP contribution < -0.4 is 16.1 Å². The van der Waals surface area contributed by atoms with Gasteiger partial charge in [0.25, 0.3) is 0 Å². The van der Waals surface area contributed by atoms with Crippen molar-refractivity contribution in [3.05, 3.63) is 0 Å². The van der Waals surface area contributed by atoms with E-state index in [1.54, 1.807) is 27.7 Å². The Balaban J connectivity index is 3.73. The van der Waals surface area contributed by atoms with E-state index in [0.717, 1.165) is 6.42 Å². The van der Waals surface area contributed by atoms with E-state index in [2.05, 4.69) is 15.5 Å². The fourth-order valence-corrected chi connectivity index (χ4v) is 1.10.